The number of benzene rings is 2. The molecule has 0 aliphatic rings. The SMILES string of the molecule is Cc1cccc(CCCNC(=O)c2cccc([N+](=O)[O-])c2C)c1. The Morgan fingerprint density at radius 3 is 2.61 bits per heavy atom. The normalized spacial score (nSPS) is 10.3. The van der Waals surface area contributed by atoms with E-state index in [1.807, 2.05) is 6.07 Å². The van der Waals surface area contributed by atoms with E-state index in [0.717, 1.165) is 12.8 Å². The molecule has 0 unspecified atom stereocenters. The zero-order valence-electron chi connectivity index (χ0n) is 13.3. The first-order valence-electron chi connectivity index (χ1n) is 7.57. The quantitative estimate of drug-likeness (QED) is 0.503. The predicted molar refractivity (Wildman–Crippen MR) is 89.7 cm³/mol. The summed E-state index contributed by atoms with van der Waals surface area (Å²) in [7, 11) is 0. The fourth-order valence-corrected chi connectivity index (χ4v) is 2.52. The van der Waals surface area contributed by atoms with Gasteiger partial charge in [-0.15, -0.1) is 0 Å². The number of nitro groups is 1. The van der Waals surface area contributed by atoms with Gasteiger partial charge >= 0.3 is 0 Å². The van der Waals surface area contributed by atoms with Crippen LogP contribution >= 0.6 is 0 Å². The van der Waals surface area contributed by atoms with Gasteiger partial charge in [0.25, 0.3) is 11.6 Å². The van der Waals surface area contributed by atoms with E-state index in [2.05, 4.69) is 30.4 Å². The van der Waals surface area contributed by atoms with Crippen molar-refractivity contribution in [3.63, 3.8) is 0 Å². The first-order chi connectivity index (χ1) is 11.0. The molecule has 0 aliphatic carbocycles. The summed E-state index contributed by atoms with van der Waals surface area (Å²) < 4.78 is 0. The fourth-order valence-electron chi connectivity index (χ4n) is 2.52. The number of aryl methyl sites for hydroxylation is 2. The number of nitrogens with zero attached hydrogens (tertiary/aromatic N) is 1. The molecule has 2 rings (SSSR count). The van der Waals surface area contributed by atoms with Crippen molar-refractivity contribution in [2.75, 3.05) is 6.54 Å². The van der Waals surface area contributed by atoms with Crippen LogP contribution in [0.2, 0.25) is 0 Å². The van der Waals surface area contributed by atoms with E-state index < -0.39 is 4.92 Å². The number of carbonyl (C=O) groups excluding carboxylic acids is 1. The first-order valence-corrected chi connectivity index (χ1v) is 7.57. The van der Waals surface area contributed by atoms with E-state index in [4.69, 9.17) is 0 Å². The zero-order valence-corrected chi connectivity index (χ0v) is 13.3. The standard InChI is InChI=1S/C18H20N2O3/c1-13-6-3-7-15(12-13)8-5-11-19-18(21)16-9-4-10-17(14(16)2)20(22)23/h3-4,6-7,9-10,12H,5,8,11H2,1-2H3,(H,19,21). The first kappa shape index (κ1) is 16.7. The second kappa shape index (κ2) is 7.54. The number of hydrogen-bond acceptors (Lipinski definition) is 3. The van der Waals surface area contributed by atoms with Gasteiger partial charge in [-0.3, -0.25) is 14.9 Å². The third kappa shape index (κ3) is 4.39. The highest BCUT2D eigenvalue weighted by Crippen LogP contribution is 2.20. The van der Waals surface area contributed by atoms with Gasteiger partial charge in [-0.25, -0.2) is 0 Å². The molecular weight excluding hydrogens is 292 g/mol. The Morgan fingerprint density at radius 2 is 1.91 bits per heavy atom. The predicted octanol–water partition coefficient (Wildman–Crippen LogP) is 3.57. The van der Waals surface area contributed by atoms with Gasteiger partial charge < -0.3 is 5.32 Å². The summed E-state index contributed by atoms with van der Waals surface area (Å²) in [5.74, 6) is -0.268. The lowest BCUT2D eigenvalue weighted by Gasteiger charge is -2.08. The molecule has 0 heterocycles. The molecule has 0 spiro atoms. The average Bonchev–Trinajstić information content (AvgIpc) is 2.51. The second-order valence-corrected chi connectivity index (χ2v) is 5.56. The minimum absolute atomic E-state index is 0.0302. The van der Waals surface area contributed by atoms with Gasteiger partial charge in [-0.05, 0) is 38.3 Å². The van der Waals surface area contributed by atoms with E-state index in [0.29, 0.717) is 17.7 Å². The van der Waals surface area contributed by atoms with Crippen molar-refractivity contribution < 1.29 is 9.72 Å². The van der Waals surface area contributed by atoms with Crippen LogP contribution in [0.5, 0.6) is 0 Å². The average molecular weight is 312 g/mol. The maximum Gasteiger partial charge on any atom is 0.273 e. The number of rotatable bonds is 6. The van der Waals surface area contributed by atoms with Gasteiger partial charge in [0.1, 0.15) is 0 Å². The molecule has 0 saturated heterocycles. The number of nitro benzene ring substituents is 1. The van der Waals surface area contributed by atoms with Crippen LogP contribution in [0.15, 0.2) is 42.5 Å². The lowest BCUT2D eigenvalue weighted by atomic mass is 10.1. The Balaban J connectivity index is 1.90. The van der Waals surface area contributed by atoms with E-state index >= 15 is 0 Å². The van der Waals surface area contributed by atoms with Crippen LogP contribution in [0.25, 0.3) is 0 Å². The minimum atomic E-state index is -0.468. The van der Waals surface area contributed by atoms with Crippen LogP contribution in [-0.2, 0) is 6.42 Å². The second-order valence-electron chi connectivity index (χ2n) is 5.56. The van der Waals surface area contributed by atoms with Crippen molar-refractivity contribution in [3.05, 3.63) is 74.8 Å². The van der Waals surface area contributed by atoms with Gasteiger partial charge in [-0.2, -0.15) is 0 Å². The molecule has 0 atom stereocenters. The van der Waals surface area contributed by atoms with Crippen LogP contribution in [-0.4, -0.2) is 17.4 Å². The summed E-state index contributed by atoms with van der Waals surface area (Å²) in [6.07, 6.45) is 1.71. The zero-order chi connectivity index (χ0) is 16.8. The van der Waals surface area contributed by atoms with Crippen LogP contribution in [0.1, 0.15) is 33.5 Å². The molecule has 1 amide bonds. The monoisotopic (exact) mass is 312 g/mol. The molecule has 0 fully saturated rings. The number of amides is 1. The summed E-state index contributed by atoms with van der Waals surface area (Å²) in [4.78, 5) is 22.6. The third-order valence-electron chi connectivity index (χ3n) is 3.76. The van der Waals surface area contributed by atoms with E-state index in [-0.39, 0.29) is 11.6 Å². The highest BCUT2D eigenvalue weighted by molar-refractivity contribution is 5.96. The van der Waals surface area contributed by atoms with Crippen molar-refractivity contribution in [2.24, 2.45) is 0 Å². The van der Waals surface area contributed by atoms with Crippen molar-refractivity contribution >= 4 is 11.6 Å². The Hall–Kier alpha value is -2.69. The fraction of sp³-hybridized carbons (Fsp3) is 0.278. The summed E-state index contributed by atoms with van der Waals surface area (Å²) in [5, 5.41) is 13.7. The van der Waals surface area contributed by atoms with Gasteiger partial charge in [-0.1, -0.05) is 35.9 Å². The van der Waals surface area contributed by atoms with Crippen LogP contribution in [0, 0.1) is 24.0 Å². The van der Waals surface area contributed by atoms with E-state index in [1.165, 1.54) is 23.3 Å². The van der Waals surface area contributed by atoms with Crippen molar-refractivity contribution in [2.45, 2.75) is 26.7 Å². The maximum atomic E-state index is 12.2. The Labute approximate surface area is 135 Å². The third-order valence-corrected chi connectivity index (χ3v) is 3.76. The molecule has 0 aromatic heterocycles. The maximum absolute atomic E-state index is 12.2. The number of nitrogens with one attached hydrogen (secondary N) is 1. The summed E-state index contributed by atoms with van der Waals surface area (Å²) >= 11 is 0. The van der Waals surface area contributed by atoms with Crippen molar-refractivity contribution in [3.8, 4) is 0 Å². The molecule has 1 N–H and O–H groups in total. The Kier molecular flexibility index (Phi) is 5.46. The summed E-state index contributed by atoms with van der Waals surface area (Å²) in [6.45, 7) is 4.19. The molecule has 0 aliphatic heterocycles. The molecule has 23 heavy (non-hydrogen) atoms. The smallest absolute Gasteiger partial charge is 0.273 e. The van der Waals surface area contributed by atoms with Crippen molar-refractivity contribution in [1.82, 2.24) is 5.32 Å². The van der Waals surface area contributed by atoms with Crippen LogP contribution in [0.4, 0.5) is 5.69 Å². The molecule has 0 bridgehead atoms. The van der Waals surface area contributed by atoms with E-state index in [9.17, 15) is 14.9 Å². The molecular formula is C18H20N2O3. The molecule has 120 valence electrons. The lowest BCUT2D eigenvalue weighted by molar-refractivity contribution is -0.385. The molecule has 2 aromatic rings. The number of hydrogen-bond donors (Lipinski definition) is 1. The molecule has 0 saturated carbocycles. The highest BCUT2D eigenvalue weighted by atomic mass is 16.6. The van der Waals surface area contributed by atoms with Gasteiger partial charge in [0.15, 0.2) is 0 Å². The summed E-state index contributed by atoms with van der Waals surface area (Å²) in [6, 6.07) is 12.8. The van der Waals surface area contributed by atoms with Crippen LogP contribution in [0.3, 0.4) is 0 Å². The number of carbonyl (C=O) groups is 1. The highest BCUT2D eigenvalue weighted by Gasteiger charge is 2.17. The van der Waals surface area contributed by atoms with Gasteiger partial charge in [0.05, 0.1) is 4.92 Å². The minimum Gasteiger partial charge on any atom is -0.352 e. The molecule has 0 radical (unpaired) electrons. The molecule has 5 nitrogen and oxygen atoms in total. The summed E-state index contributed by atoms with van der Waals surface area (Å²) in [5.41, 5.74) is 3.19. The van der Waals surface area contributed by atoms with Gasteiger partial charge in [0, 0.05) is 23.7 Å². The van der Waals surface area contributed by atoms with E-state index in [1.54, 1.807) is 13.0 Å². The lowest BCUT2D eigenvalue weighted by Crippen LogP contribution is -2.25. The van der Waals surface area contributed by atoms with Crippen molar-refractivity contribution in [1.29, 1.82) is 0 Å². The Bertz CT molecular complexity index is 726. The largest absolute Gasteiger partial charge is 0.352 e. The topological polar surface area (TPSA) is 72.2 Å². The molecule has 5 heteroatoms. The Morgan fingerprint density at radius 1 is 1.17 bits per heavy atom. The van der Waals surface area contributed by atoms with Crippen LogP contribution < -0.4 is 5.32 Å². The van der Waals surface area contributed by atoms with Gasteiger partial charge in [0.2, 0.25) is 0 Å². The molecule has 2 aromatic carbocycles.